The van der Waals surface area contributed by atoms with Crippen LogP contribution >= 0.6 is 0 Å². The highest BCUT2D eigenvalue weighted by molar-refractivity contribution is 5.86. The van der Waals surface area contributed by atoms with E-state index < -0.39 is 11.6 Å². The number of benzene rings is 2. The molecule has 0 radical (unpaired) electrons. The van der Waals surface area contributed by atoms with Crippen LogP contribution in [0, 0.1) is 11.6 Å². The molecule has 0 amide bonds. The summed E-state index contributed by atoms with van der Waals surface area (Å²) in [6.45, 7) is 0.643. The summed E-state index contributed by atoms with van der Waals surface area (Å²) >= 11 is 0. The second-order valence-corrected chi connectivity index (χ2v) is 5.33. The van der Waals surface area contributed by atoms with Gasteiger partial charge in [0.1, 0.15) is 11.6 Å². The lowest BCUT2D eigenvalue weighted by atomic mass is 9.91. The lowest BCUT2D eigenvalue weighted by molar-refractivity contribution is -0.120. The molecule has 0 fully saturated rings. The van der Waals surface area contributed by atoms with E-state index in [-0.39, 0.29) is 18.2 Å². The van der Waals surface area contributed by atoms with Crippen molar-refractivity contribution in [3.63, 3.8) is 0 Å². The molecule has 1 unspecified atom stereocenters. The first-order valence-electron chi connectivity index (χ1n) is 6.89. The monoisotopic (exact) mass is 287 g/mol. The van der Waals surface area contributed by atoms with Gasteiger partial charge in [0.15, 0.2) is 5.78 Å². The topological polar surface area (TPSA) is 29.1 Å². The summed E-state index contributed by atoms with van der Waals surface area (Å²) in [6.07, 6.45) is 0.654. The summed E-state index contributed by atoms with van der Waals surface area (Å²) < 4.78 is 26.3. The van der Waals surface area contributed by atoms with Crippen LogP contribution in [0.1, 0.15) is 16.7 Å². The van der Waals surface area contributed by atoms with E-state index in [1.165, 1.54) is 17.7 Å². The first kappa shape index (κ1) is 13.9. The highest BCUT2D eigenvalue weighted by Crippen LogP contribution is 2.18. The molecule has 2 aromatic rings. The molecule has 1 heterocycles. The van der Waals surface area contributed by atoms with Gasteiger partial charge in [0.05, 0.1) is 6.04 Å². The molecule has 108 valence electrons. The minimum absolute atomic E-state index is 0.0362. The molecule has 0 bridgehead atoms. The van der Waals surface area contributed by atoms with Crippen LogP contribution in [0.3, 0.4) is 0 Å². The Hall–Kier alpha value is -2.07. The molecule has 1 aliphatic rings. The molecule has 1 atom stereocenters. The molecule has 0 saturated carbocycles. The van der Waals surface area contributed by atoms with Crippen molar-refractivity contribution in [3.8, 4) is 0 Å². The molecule has 0 aromatic heterocycles. The van der Waals surface area contributed by atoms with Crippen LogP contribution in [-0.2, 0) is 24.2 Å². The standard InChI is InChI=1S/C17H15F2NO/c18-14-5-11(6-15(19)9-14)7-17(21)16-8-12-3-1-2-4-13(12)10-20-16/h1-6,9,16,20H,7-8,10H2. The predicted molar refractivity (Wildman–Crippen MR) is 75.8 cm³/mol. The Bertz CT molecular complexity index is 664. The first-order chi connectivity index (χ1) is 10.1. The number of carbonyl (C=O) groups excluding carboxylic acids is 1. The third-order valence-electron chi connectivity index (χ3n) is 3.77. The molecule has 0 spiro atoms. The highest BCUT2D eigenvalue weighted by Gasteiger charge is 2.23. The Kier molecular flexibility index (Phi) is 3.80. The number of fused-ring (bicyclic) bond motifs is 1. The molecular formula is C17H15F2NO. The lowest BCUT2D eigenvalue weighted by Gasteiger charge is -2.25. The van der Waals surface area contributed by atoms with Gasteiger partial charge in [-0.25, -0.2) is 8.78 Å². The Morgan fingerprint density at radius 1 is 1.10 bits per heavy atom. The van der Waals surface area contributed by atoms with Gasteiger partial charge in [-0.15, -0.1) is 0 Å². The second-order valence-electron chi connectivity index (χ2n) is 5.33. The lowest BCUT2D eigenvalue weighted by Crippen LogP contribution is -2.42. The molecular weight excluding hydrogens is 272 g/mol. The number of hydrogen-bond acceptors (Lipinski definition) is 2. The van der Waals surface area contributed by atoms with Gasteiger partial charge in [0, 0.05) is 19.0 Å². The Balaban J connectivity index is 1.72. The maximum absolute atomic E-state index is 13.2. The van der Waals surface area contributed by atoms with Gasteiger partial charge >= 0.3 is 0 Å². The van der Waals surface area contributed by atoms with E-state index in [4.69, 9.17) is 0 Å². The summed E-state index contributed by atoms with van der Waals surface area (Å²) in [6, 6.07) is 10.9. The number of ketones is 1. The third-order valence-corrected chi connectivity index (χ3v) is 3.77. The van der Waals surface area contributed by atoms with Crippen LogP contribution in [-0.4, -0.2) is 11.8 Å². The van der Waals surface area contributed by atoms with Gasteiger partial charge in [-0.3, -0.25) is 4.79 Å². The van der Waals surface area contributed by atoms with E-state index in [1.807, 2.05) is 24.3 Å². The van der Waals surface area contributed by atoms with Crippen molar-refractivity contribution >= 4 is 5.78 Å². The molecule has 0 saturated heterocycles. The van der Waals surface area contributed by atoms with Crippen LogP contribution in [0.25, 0.3) is 0 Å². The van der Waals surface area contributed by atoms with Crippen LogP contribution < -0.4 is 5.32 Å². The van der Waals surface area contributed by atoms with Crippen LogP contribution in [0.5, 0.6) is 0 Å². The van der Waals surface area contributed by atoms with Crippen LogP contribution in [0.15, 0.2) is 42.5 Å². The Labute approximate surface area is 121 Å². The summed E-state index contributed by atoms with van der Waals surface area (Å²) in [5.41, 5.74) is 2.72. The maximum atomic E-state index is 13.2. The molecule has 4 heteroatoms. The van der Waals surface area contributed by atoms with Crippen molar-refractivity contribution in [2.45, 2.75) is 25.4 Å². The van der Waals surface area contributed by atoms with E-state index in [2.05, 4.69) is 5.32 Å². The maximum Gasteiger partial charge on any atom is 0.154 e. The third kappa shape index (κ3) is 3.16. The van der Waals surface area contributed by atoms with Crippen LogP contribution in [0.2, 0.25) is 0 Å². The van der Waals surface area contributed by atoms with Crippen molar-refractivity contribution in [1.82, 2.24) is 5.32 Å². The Morgan fingerprint density at radius 3 is 2.48 bits per heavy atom. The average molecular weight is 287 g/mol. The van der Waals surface area contributed by atoms with Gasteiger partial charge in [-0.05, 0) is 35.2 Å². The smallest absolute Gasteiger partial charge is 0.154 e. The second kappa shape index (κ2) is 5.74. The number of rotatable bonds is 3. The van der Waals surface area contributed by atoms with E-state index in [9.17, 15) is 13.6 Å². The number of carbonyl (C=O) groups is 1. The van der Waals surface area contributed by atoms with E-state index in [0.717, 1.165) is 11.6 Å². The zero-order valence-corrected chi connectivity index (χ0v) is 11.4. The van der Waals surface area contributed by atoms with Gasteiger partial charge in [0.2, 0.25) is 0 Å². The SMILES string of the molecule is O=C(Cc1cc(F)cc(F)c1)C1Cc2ccccc2CN1. The van der Waals surface area contributed by atoms with Crippen LogP contribution in [0.4, 0.5) is 8.78 Å². The minimum Gasteiger partial charge on any atom is -0.303 e. The molecule has 2 aromatic carbocycles. The summed E-state index contributed by atoms with van der Waals surface area (Å²) in [4.78, 5) is 12.3. The quantitative estimate of drug-likeness (QED) is 0.940. The van der Waals surface area contributed by atoms with Crippen molar-refractivity contribution in [2.24, 2.45) is 0 Å². The fraction of sp³-hybridized carbons (Fsp3) is 0.235. The normalized spacial score (nSPS) is 17.3. The molecule has 1 N–H and O–H groups in total. The first-order valence-corrected chi connectivity index (χ1v) is 6.89. The molecule has 21 heavy (non-hydrogen) atoms. The summed E-state index contributed by atoms with van der Waals surface area (Å²) in [5, 5.41) is 3.19. The fourth-order valence-electron chi connectivity index (χ4n) is 2.72. The number of Topliss-reactive ketones (excluding diaryl/α,β-unsaturated/α-hetero) is 1. The van der Waals surface area contributed by atoms with Gasteiger partial charge < -0.3 is 5.32 Å². The average Bonchev–Trinajstić information content (AvgIpc) is 2.45. The van der Waals surface area contributed by atoms with Gasteiger partial charge in [-0.1, -0.05) is 24.3 Å². The summed E-state index contributed by atoms with van der Waals surface area (Å²) in [7, 11) is 0. The Morgan fingerprint density at radius 2 is 1.76 bits per heavy atom. The van der Waals surface area contributed by atoms with E-state index in [1.54, 1.807) is 0 Å². The van der Waals surface area contributed by atoms with Crippen molar-refractivity contribution in [2.75, 3.05) is 0 Å². The number of nitrogens with one attached hydrogen (secondary N) is 1. The van der Waals surface area contributed by atoms with Gasteiger partial charge in [-0.2, -0.15) is 0 Å². The highest BCUT2D eigenvalue weighted by atomic mass is 19.1. The minimum atomic E-state index is -0.653. The molecule has 3 rings (SSSR count). The fourth-order valence-corrected chi connectivity index (χ4v) is 2.72. The number of halogens is 2. The van der Waals surface area contributed by atoms with Crippen molar-refractivity contribution in [3.05, 3.63) is 70.8 Å². The van der Waals surface area contributed by atoms with E-state index >= 15 is 0 Å². The largest absolute Gasteiger partial charge is 0.303 e. The predicted octanol–water partition coefficient (Wildman–Crippen LogP) is 2.79. The zero-order chi connectivity index (χ0) is 14.8. The van der Waals surface area contributed by atoms with Gasteiger partial charge in [0.25, 0.3) is 0 Å². The molecule has 2 nitrogen and oxygen atoms in total. The molecule has 0 aliphatic carbocycles. The van der Waals surface area contributed by atoms with E-state index in [0.29, 0.717) is 18.5 Å². The summed E-state index contributed by atoms with van der Waals surface area (Å²) in [5.74, 6) is -1.35. The number of hydrogen-bond donors (Lipinski definition) is 1. The van der Waals surface area contributed by atoms with Crippen molar-refractivity contribution < 1.29 is 13.6 Å². The zero-order valence-electron chi connectivity index (χ0n) is 11.4. The molecule has 1 aliphatic heterocycles. The van der Waals surface area contributed by atoms with Crippen molar-refractivity contribution in [1.29, 1.82) is 0 Å².